The van der Waals surface area contributed by atoms with Gasteiger partial charge in [0.15, 0.2) is 0 Å². The number of halogens is 1. The average Bonchev–Trinajstić information content (AvgIpc) is 3.94. The van der Waals surface area contributed by atoms with Crippen molar-refractivity contribution in [2.45, 2.75) is 60.3 Å². The van der Waals surface area contributed by atoms with Gasteiger partial charge in [-0.25, -0.2) is 0 Å². The number of imidazole rings is 2. The van der Waals surface area contributed by atoms with Gasteiger partial charge in [0, 0.05) is 61.9 Å². The molecule has 3 amide bonds. The van der Waals surface area contributed by atoms with Gasteiger partial charge in [-0.05, 0) is 80.0 Å². The van der Waals surface area contributed by atoms with Crippen LogP contribution < -0.4 is 21.7 Å². The molecule has 292 valence electrons. The van der Waals surface area contributed by atoms with Gasteiger partial charge in [0.25, 0.3) is 11.8 Å². The van der Waals surface area contributed by atoms with Crippen LogP contribution in [0.2, 0.25) is 0 Å². The molecular formula is C38H42BrN11O6. The summed E-state index contributed by atoms with van der Waals surface area (Å²) >= 11 is 3.60. The van der Waals surface area contributed by atoms with Crippen LogP contribution in [0, 0.1) is 13.8 Å². The van der Waals surface area contributed by atoms with Crippen LogP contribution in [0.15, 0.2) is 63.0 Å². The number of hydrogen-bond acceptors (Lipinski definition) is 8. The lowest BCUT2D eigenvalue weighted by atomic mass is 10.1. The average molecular weight is 829 g/mol. The van der Waals surface area contributed by atoms with Crippen molar-refractivity contribution in [2.24, 2.45) is 15.7 Å². The molecule has 0 spiro atoms. The molecule has 0 saturated carbocycles. The minimum Gasteiger partial charge on any atom is -0.491 e. The number of nitrogens with two attached hydrogens (primary N) is 1. The van der Waals surface area contributed by atoms with Gasteiger partial charge in [0.2, 0.25) is 17.1 Å². The predicted octanol–water partition coefficient (Wildman–Crippen LogP) is 4.13. The molecule has 4 aromatic heterocycles. The lowest BCUT2D eigenvalue weighted by molar-refractivity contribution is 0.0978. The second kappa shape index (κ2) is 17.1. The van der Waals surface area contributed by atoms with Crippen LogP contribution in [0.25, 0.3) is 22.1 Å². The summed E-state index contributed by atoms with van der Waals surface area (Å²) in [6, 6.07) is 9.90. The van der Waals surface area contributed by atoms with E-state index in [0.29, 0.717) is 86.7 Å². The van der Waals surface area contributed by atoms with E-state index in [2.05, 4.69) is 46.1 Å². The topological polar surface area (TPSA) is 215 Å². The molecule has 0 saturated heterocycles. The van der Waals surface area contributed by atoms with Gasteiger partial charge in [-0.3, -0.25) is 28.5 Å². The Morgan fingerprint density at radius 2 is 1.38 bits per heavy atom. The zero-order chi connectivity index (χ0) is 40.1. The normalized spacial score (nSPS) is 12.5. The highest BCUT2D eigenvalue weighted by Gasteiger charge is 2.19. The molecule has 6 rings (SSSR count). The third kappa shape index (κ3) is 8.25. The second-order valence-electron chi connectivity index (χ2n) is 12.8. The Labute approximate surface area is 328 Å². The number of nitrogens with one attached hydrogen (secondary N) is 2. The SMILES string of the molecule is CCn1nc(C)cc1C(=O)/N=c1\[nH]c2cc(C=O)cc(Br)c2n1C/C=C/Cn1/c(=N/C(=O)c2cc(C)nn2CC)[nH]c2cc(C(N)=O)cc(OCCCOC)c21. The van der Waals surface area contributed by atoms with Crippen molar-refractivity contribution in [1.29, 1.82) is 0 Å². The van der Waals surface area contributed by atoms with Crippen molar-refractivity contribution < 1.29 is 28.7 Å². The third-order valence-electron chi connectivity index (χ3n) is 8.87. The number of aldehydes is 1. The standard InChI is InChI=1S/C38H42BrN11O6/c1-6-49-29(15-22(3)45-49)35(53)43-37-41-27-18-24(21-51)17-26(39)32(27)47(37)11-8-9-12-48-33-28(19-25(34(40)52)20-31(33)56-14-10-13-55-5)42-38(48)44-36(54)30-16-23(4)46-50(30)7-2/h8-9,15-21H,6-7,10-14H2,1-5H3,(H2,40,52)(H,41,43,53)(H,42,44,54)/b9-8+. The molecule has 0 radical (unpaired) electrons. The number of fused-ring (bicyclic) bond motifs is 2. The lowest BCUT2D eigenvalue weighted by Crippen LogP contribution is -2.22. The number of methoxy groups -OCH3 is 1. The molecule has 18 heteroatoms. The Kier molecular flexibility index (Phi) is 12.1. The quantitative estimate of drug-likeness (QED) is 0.0776. The van der Waals surface area contributed by atoms with E-state index in [4.69, 9.17) is 15.2 Å². The first kappa shape index (κ1) is 39.6. The van der Waals surface area contributed by atoms with E-state index in [9.17, 15) is 19.2 Å². The summed E-state index contributed by atoms with van der Waals surface area (Å²) in [5.74, 6) is -1.29. The molecule has 6 aromatic rings. The van der Waals surface area contributed by atoms with Crippen LogP contribution in [-0.2, 0) is 30.9 Å². The zero-order valence-electron chi connectivity index (χ0n) is 31.6. The summed E-state index contributed by atoms with van der Waals surface area (Å²) in [6.07, 6.45) is 5.07. The van der Waals surface area contributed by atoms with Crippen LogP contribution in [0.4, 0.5) is 0 Å². The summed E-state index contributed by atoms with van der Waals surface area (Å²) in [4.78, 5) is 66.5. The molecule has 0 unspecified atom stereocenters. The maximum absolute atomic E-state index is 13.6. The fourth-order valence-corrected chi connectivity index (χ4v) is 7.07. The number of H-pyrrole nitrogens is 2. The first-order chi connectivity index (χ1) is 27.0. The number of primary amides is 1. The summed E-state index contributed by atoms with van der Waals surface area (Å²) in [6.45, 7) is 9.55. The van der Waals surface area contributed by atoms with E-state index < -0.39 is 17.7 Å². The maximum Gasteiger partial charge on any atom is 0.298 e. The van der Waals surface area contributed by atoms with Gasteiger partial charge in [-0.15, -0.1) is 0 Å². The van der Waals surface area contributed by atoms with E-state index in [1.54, 1.807) is 64.4 Å². The summed E-state index contributed by atoms with van der Waals surface area (Å²) in [5.41, 5.74) is 11.1. The number of nitrogens with zero attached hydrogens (tertiary/aromatic N) is 8. The van der Waals surface area contributed by atoms with Gasteiger partial charge in [-0.2, -0.15) is 20.2 Å². The molecule has 4 heterocycles. The zero-order valence-corrected chi connectivity index (χ0v) is 33.2. The van der Waals surface area contributed by atoms with E-state index in [1.807, 2.05) is 37.5 Å². The molecule has 0 fully saturated rings. The number of amides is 3. The van der Waals surface area contributed by atoms with Crippen molar-refractivity contribution in [3.63, 3.8) is 0 Å². The first-order valence-electron chi connectivity index (χ1n) is 17.9. The third-order valence-corrected chi connectivity index (χ3v) is 9.48. The van der Waals surface area contributed by atoms with E-state index >= 15 is 0 Å². The fraction of sp³-hybridized carbons (Fsp3) is 0.316. The number of benzene rings is 2. The largest absolute Gasteiger partial charge is 0.491 e. The fourth-order valence-electron chi connectivity index (χ4n) is 6.38. The summed E-state index contributed by atoms with van der Waals surface area (Å²) in [7, 11) is 1.60. The number of carbonyl (C=O) groups excluding carboxylic acids is 4. The number of allylic oxidation sites excluding steroid dienone is 2. The first-order valence-corrected chi connectivity index (χ1v) is 18.7. The van der Waals surface area contributed by atoms with Gasteiger partial charge < -0.3 is 34.3 Å². The van der Waals surface area contributed by atoms with Crippen LogP contribution in [-0.4, -0.2) is 83.0 Å². The minimum atomic E-state index is -0.650. The van der Waals surface area contributed by atoms with Crippen molar-refractivity contribution in [1.82, 2.24) is 38.7 Å². The predicted molar refractivity (Wildman–Crippen MR) is 210 cm³/mol. The smallest absolute Gasteiger partial charge is 0.298 e. The molecule has 56 heavy (non-hydrogen) atoms. The molecule has 4 N–H and O–H groups in total. The molecule has 2 aromatic carbocycles. The number of hydrogen-bond donors (Lipinski definition) is 3. The van der Waals surface area contributed by atoms with Crippen LogP contribution >= 0.6 is 15.9 Å². The minimum absolute atomic E-state index is 0.197. The highest BCUT2D eigenvalue weighted by atomic mass is 79.9. The Morgan fingerprint density at radius 3 is 1.89 bits per heavy atom. The molecule has 0 aliphatic heterocycles. The molecule has 17 nitrogen and oxygen atoms in total. The van der Waals surface area contributed by atoms with Gasteiger partial charge >= 0.3 is 0 Å². The van der Waals surface area contributed by atoms with Crippen molar-refractivity contribution >= 4 is 62.0 Å². The number of ether oxygens (including phenoxy) is 2. The number of rotatable bonds is 15. The molecule has 0 atom stereocenters. The Bertz CT molecular complexity index is 2650. The Balaban J connectivity index is 1.45. The number of aryl methyl sites for hydroxylation is 4. The number of aromatic nitrogens is 8. The molecular weight excluding hydrogens is 786 g/mol. The molecule has 0 bridgehead atoms. The van der Waals surface area contributed by atoms with Crippen molar-refractivity contribution in [3.05, 3.63) is 98.2 Å². The lowest BCUT2D eigenvalue weighted by Gasteiger charge is -2.11. The van der Waals surface area contributed by atoms with Crippen LogP contribution in [0.5, 0.6) is 5.75 Å². The van der Waals surface area contributed by atoms with Gasteiger partial charge in [-0.1, -0.05) is 12.2 Å². The molecule has 0 aliphatic carbocycles. The monoisotopic (exact) mass is 827 g/mol. The summed E-state index contributed by atoms with van der Waals surface area (Å²) < 4.78 is 18.7. The van der Waals surface area contributed by atoms with E-state index in [0.717, 1.165) is 6.29 Å². The van der Waals surface area contributed by atoms with Crippen LogP contribution in [0.3, 0.4) is 0 Å². The van der Waals surface area contributed by atoms with Crippen LogP contribution in [0.1, 0.15) is 73.3 Å². The highest BCUT2D eigenvalue weighted by molar-refractivity contribution is 9.10. The second-order valence-corrected chi connectivity index (χ2v) is 13.7. The van der Waals surface area contributed by atoms with Crippen molar-refractivity contribution in [2.75, 3.05) is 20.3 Å². The van der Waals surface area contributed by atoms with E-state index in [-0.39, 0.29) is 36.5 Å². The molecule has 0 aliphatic rings. The summed E-state index contributed by atoms with van der Waals surface area (Å²) in [5, 5.41) is 8.77. The Morgan fingerprint density at radius 1 is 0.821 bits per heavy atom. The van der Waals surface area contributed by atoms with Crippen molar-refractivity contribution in [3.8, 4) is 5.75 Å². The maximum atomic E-state index is 13.6. The van der Waals surface area contributed by atoms with E-state index in [1.165, 1.54) is 0 Å². The van der Waals surface area contributed by atoms with Gasteiger partial charge in [0.1, 0.15) is 28.9 Å². The highest BCUT2D eigenvalue weighted by Crippen LogP contribution is 2.27. The number of aromatic amines is 2. The Hall–Kier alpha value is -6.14. The number of carbonyl (C=O) groups is 4. The van der Waals surface area contributed by atoms with Gasteiger partial charge in [0.05, 0.1) is 34.5 Å².